The summed E-state index contributed by atoms with van der Waals surface area (Å²) in [6.45, 7) is 4.39. The number of rotatable bonds is 2. The van der Waals surface area contributed by atoms with Crippen LogP contribution in [0.25, 0.3) is 0 Å². The summed E-state index contributed by atoms with van der Waals surface area (Å²) in [6, 6.07) is 0. The third-order valence-corrected chi connectivity index (χ3v) is 1.25. The molecule has 55 valence electrons. The number of aryl methyl sites for hydroxylation is 2. The van der Waals surface area contributed by atoms with Crippen LogP contribution in [0.5, 0.6) is 0 Å². The second kappa shape index (κ2) is 2.82. The maximum absolute atomic E-state index is 12.5. The van der Waals surface area contributed by atoms with E-state index in [4.69, 9.17) is 0 Å². The van der Waals surface area contributed by atoms with Crippen molar-refractivity contribution in [3.05, 3.63) is 17.7 Å². The Balaban J connectivity index is 2.77. The first-order chi connectivity index (χ1) is 4.74. The molecule has 0 unspecified atom stereocenters. The summed E-state index contributed by atoms with van der Waals surface area (Å²) in [4.78, 5) is 0. The fourth-order valence-electron chi connectivity index (χ4n) is 0.762. The molecule has 0 saturated heterocycles. The van der Waals surface area contributed by atoms with E-state index in [9.17, 15) is 4.39 Å². The molecule has 0 N–H and O–H groups in total. The van der Waals surface area contributed by atoms with Crippen molar-refractivity contribution in [1.82, 2.24) is 9.78 Å². The summed E-state index contributed by atoms with van der Waals surface area (Å²) in [5.74, 6) is -0.339. The zero-order valence-electron chi connectivity index (χ0n) is 6.19. The Hall–Kier alpha value is -0.860. The van der Waals surface area contributed by atoms with Gasteiger partial charge in [-0.3, -0.25) is 4.68 Å². The van der Waals surface area contributed by atoms with E-state index in [0.29, 0.717) is 5.69 Å². The Morgan fingerprint density at radius 2 is 2.40 bits per heavy atom. The predicted molar refractivity (Wildman–Crippen MR) is 36.0 cm³/mol. The van der Waals surface area contributed by atoms with E-state index >= 15 is 0 Å². The molecule has 1 rings (SSSR count). The van der Waals surface area contributed by atoms with Crippen molar-refractivity contribution in [1.29, 1.82) is 0 Å². The lowest BCUT2D eigenvalue weighted by Crippen LogP contribution is -1.96. The quantitative estimate of drug-likeness (QED) is 0.610. The largest absolute Gasteiger partial charge is 0.260 e. The number of halogens is 1. The second-order valence-electron chi connectivity index (χ2n) is 2.23. The van der Waals surface area contributed by atoms with E-state index in [0.717, 1.165) is 13.0 Å². The van der Waals surface area contributed by atoms with Crippen molar-refractivity contribution >= 4 is 0 Å². The van der Waals surface area contributed by atoms with Crippen LogP contribution in [0.15, 0.2) is 0 Å². The summed E-state index contributed by atoms with van der Waals surface area (Å²) in [6.07, 6.45) is 3.44. The van der Waals surface area contributed by atoms with Gasteiger partial charge in [0.1, 0.15) is 6.20 Å². The third-order valence-electron chi connectivity index (χ3n) is 1.25. The fourth-order valence-corrected chi connectivity index (χ4v) is 0.762. The highest BCUT2D eigenvalue weighted by molar-refractivity contribution is 4.97. The van der Waals surface area contributed by atoms with Gasteiger partial charge in [0.15, 0.2) is 5.82 Å². The van der Waals surface area contributed by atoms with Gasteiger partial charge >= 0.3 is 0 Å². The minimum Gasteiger partial charge on any atom is -0.260 e. The molecule has 1 aromatic rings. The van der Waals surface area contributed by atoms with Crippen molar-refractivity contribution in [2.45, 2.75) is 26.8 Å². The minimum absolute atomic E-state index is 0.339. The molecule has 0 saturated carbocycles. The van der Waals surface area contributed by atoms with E-state index < -0.39 is 0 Å². The van der Waals surface area contributed by atoms with Gasteiger partial charge in [0.25, 0.3) is 0 Å². The molecular formula is C7H10FN2. The van der Waals surface area contributed by atoms with Crippen LogP contribution in [0.3, 0.4) is 0 Å². The molecule has 1 heterocycles. The number of hydrogen-bond donors (Lipinski definition) is 0. The molecule has 1 aromatic heterocycles. The van der Waals surface area contributed by atoms with Crippen LogP contribution in [0.4, 0.5) is 4.39 Å². The Morgan fingerprint density at radius 1 is 1.70 bits per heavy atom. The zero-order valence-corrected chi connectivity index (χ0v) is 6.19. The van der Waals surface area contributed by atoms with Gasteiger partial charge in [0.2, 0.25) is 0 Å². The number of aromatic nitrogens is 2. The molecule has 10 heavy (non-hydrogen) atoms. The van der Waals surface area contributed by atoms with Crippen molar-refractivity contribution in [2.24, 2.45) is 0 Å². The molecule has 1 radical (unpaired) electrons. The molecule has 3 heteroatoms. The van der Waals surface area contributed by atoms with E-state index in [1.165, 1.54) is 4.68 Å². The Labute approximate surface area is 59.7 Å². The average molecular weight is 141 g/mol. The van der Waals surface area contributed by atoms with Gasteiger partial charge in [0, 0.05) is 6.54 Å². The molecular weight excluding hydrogens is 131 g/mol. The summed E-state index contributed by atoms with van der Waals surface area (Å²) in [5, 5.41) is 3.89. The molecule has 2 nitrogen and oxygen atoms in total. The molecule has 0 aromatic carbocycles. The first-order valence-corrected chi connectivity index (χ1v) is 3.36. The van der Waals surface area contributed by atoms with Crippen LogP contribution in [-0.4, -0.2) is 9.78 Å². The van der Waals surface area contributed by atoms with Gasteiger partial charge in [-0.1, -0.05) is 6.92 Å². The number of hydrogen-bond acceptors (Lipinski definition) is 1. The Bertz CT molecular complexity index is 198. The maximum atomic E-state index is 12.5. The van der Waals surface area contributed by atoms with Crippen LogP contribution in [0, 0.1) is 18.9 Å². The smallest absolute Gasteiger partial charge is 0.173 e. The van der Waals surface area contributed by atoms with E-state index in [1.807, 2.05) is 6.92 Å². The Kier molecular flexibility index (Phi) is 2.04. The summed E-state index contributed by atoms with van der Waals surface area (Å²) < 4.78 is 14.0. The fraction of sp³-hybridized carbons (Fsp3) is 0.571. The Morgan fingerprint density at radius 3 is 2.80 bits per heavy atom. The van der Waals surface area contributed by atoms with Crippen LogP contribution in [0.2, 0.25) is 0 Å². The highest BCUT2D eigenvalue weighted by atomic mass is 19.1. The lowest BCUT2D eigenvalue weighted by molar-refractivity contribution is 0.583. The van der Waals surface area contributed by atoms with E-state index in [-0.39, 0.29) is 5.82 Å². The van der Waals surface area contributed by atoms with Crippen molar-refractivity contribution in [2.75, 3.05) is 0 Å². The van der Waals surface area contributed by atoms with Gasteiger partial charge in [0.05, 0.1) is 5.69 Å². The molecule has 0 bridgehead atoms. The highest BCUT2D eigenvalue weighted by Gasteiger charge is 2.01. The summed E-state index contributed by atoms with van der Waals surface area (Å²) in [7, 11) is 0. The molecule has 0 aliphatic rings. The van der Waals surface area contributed by atoms with Crippen LogP contribution >= 0.6 is 0 Å². The van der Waals surface area contributed by atoms with Crippen LogP contribution < -0.4 is 0 Å². The van der Waals surface area contributed by atoms with Crippen molar-refractivity contribution in [3.63, 3.8) is 0 Å². The SMILES string of the molecule is CCCn1[c]c(F)c(C)n1. The van der Waals surface area contributed by atoms with Gasteiger partial charge in [-0.25, -0.2) is 4.39 Å². The van der Waals surface area contributed by atoms with Crippen molar-refractivity contribution in [3.8, 4) is 0 Å². The second-order valence-corrected chi connectivity index (χ2v) is 2.23. The predicted octanol–water partition coefficient (Wildman–Crippen LogP) is 1.54. The summed E-state index contributed by atoms with van der Waals surface area (Å²) in [5.41, 5.74) is 0.424. The normalized spacial score (nSPS) is 10.3. The lowest BCUT2D eigenvalue weighted by atomic mass is 10.5. The van der Waals surface area contributed by atoms with Gasteiger partial charge in [-0.05, 0) is 13.3 Å². The minimum atomic E-state index is -0.339. The zero-order chi connectivity index (χ0) is 7.56. The lowest BCUT2D eigenvalue weighted by Gasteiger charge is -1.92. The van der Waals surface area contributed by atoms with Crippen LogP contribution in [-0.2, 0) is 6.54 Å². The maximum Gasteiger partial charge on any atom is 0.173 e. The average Bonchev–Trinajstić information content (AvgIpc) is 2.14. The third kappa shape index (κ3) is 1.35. The van der Waals surface area contributed by atoms with Crippen molar-refractivity contribution < 1.29 is 4.39 Å². The molecule has 0 fully saturated rings. The molecule has 0 aliphatic heterocycles. The van der Waals surface area contributed by atoms with E-state index in [1.54, 1.807) is 6.92 Å². The molecule has 0 amide bonds. The monoisotopic (exact) mass is 141 g/mol. The highest BCUT2D eigenvalue weighted by Crippen LogP contribution is 2.01. The topological polar surface area (TPSA) is 17.8 Å². The van der Waals surface area contributed by atoms with Crippen LogP contribution in [0.1, 0.15) is 19.0 Å². The molecule has 0 aliphatic carbocycles. The first kappa shape index (κ1) is 7.25. The van der Waals surface area contributed by atoms with E-state index in [2.05, 4.69) is 11.3 Å². The first-order valence-electron chi connectivity index (χ1n) is 3.36. The van der Waals surface area contributed by atoms with Gasteiger partial charge in [-0.2, -0.15) is 5.10 Å². The molecule has 0 atom stereocenters. The van der Waals surface area contributed by atoms with Gasteiger partial charge in [-0.15, -0.1) is 0 Å². The molecule has 0 spiro atoms. The number of nitrogens with zero attached hydrogens (tertiary/aromatic N) is 2. The van der Waals surface area contributed by atoms with Gasteiger partial charge < -0.3 is 0 Å². The standard InChI is InChI=1S/C7H10FN2/c1-3-4-10-5-7(8)6(2)9-10/h3-4H2,1-2H3. The summed E-state index contributed by atoms with van der Waals surface area (Å²) >= 11 is 0.